The lowest BCUT2D eigenvalue weighted by atomic mass is 9.89. The number of rotatable bonds is 6. The van der Waals surface area contributed by atoms with Gasteiger partial charge < -0.3 is 9.84 Å². The van der Waals surface area contributed by atoms with Crippen molar-refractivity contribution in [2.75, 3.05) is 26.2 Å². The SMILES string of the molecule is C=C(C)c1ccc2c(c1)c(-c1ccc(OCCN3CCCC3)cc1)cc1cc(O)cc(C)c12. The predicted molar refractivity (Wildman–Crippen MR) is 139 cm³/mol. The van der Waals surface area contributed by atoms with Gasteiger partial charge in [0, 0.05) is 6.54 Å². The molecule has 0 radical (unpaired) electrons. The number of nitrogens with zero attached hydrogens (tertiary/aromatic N) is 1. The van der Waals surface area contributed by atoms with Gasteiger partial charge in [0.2, 0.25) is 0 Å². The van der Waals surface area contributed by atoms with E-state index < -0.39 is 0 Å². The third kappa shape index (κ3) is 4.34. The molecular formula is C30H31NO2. The highest BCUT2D eigenvalue weighted by atomic mass is 16.5. The maximum absolute atomic E-state index is 10.2. The van der Waals surface area contributed by atoms with Crippen LogP contribution in [-0.2, 0) is 0 Å². The zero-order valence-corrected chi connectivity index (χ0v) is 19.5. The van der Waals surface area contributed by atoms with Crippen molar-refractivity contribution in [3.8, 4) is 22.6 Å². The molecule has 4 aromatic rings. The van der Waals surface area contributed by atoms with Crippen LogP contribution in [0, 0.1) is 6.92 Å². The molecule has 0 unspecified atom stereocenters. The largest absolute Gasteiger partial charge is 0.508 e. The molecule has 1 heterocycles. The first-order valence-electron chi connectivity index (χ1n) is 11.8. The second kappa shape index (κ2) is 8.92. The minimum absolute atomic E-state index is 0.297. The molecule has 168 valence electrons. The molecule has 0 atom stereocenters. The average molecular weight is 438 g/mol. The van der Waals surface area contributed by atoms with Gasteiger partial charge in [-0.05, 0) is 120 Å². The number of ether oxygens (including phenoxy) is 1. The van der Waals surface area contributed by atoms with E-state index in [2.05, 4.69) is 66.9 Å². The van der Waals surface area contributed by atoms with Gasteiger partial charge in [-0.2, -0.15) is 0 Å². The van der Waals surface area contributed by atoms with Gasteiger partial charge in [0.1, 0.15) is 18.1 Å². The van der Waals surface area contributed by atoms with Crippen LogP contribution in [0.15, 0.2) is 67.2 Å². The Morgan fingerprint density at radius 2 is 1.73 bits per heavy atom. The number of likely N-dealkylation sites (tertiary alicyclic amines) is 1. The van der Waals surface area contributed by atoms with Crippen LogP contribution in [0.3, 0.4) is 0 Å². The van der Waals surface area contributed by atoms with Gasteiger partial charge in [0.25, 0.3) is 0 Å². The van der Waals surface area contributed by atoms with Crippen LogP contribution in [0.1, 0.15) is 30.9 Å². The summed E-state index contributed by atoms with van der Waals surface area (Å²) in [5.41, 5.74) is 5.54. The Bertz CT molecular complexity index is 1330. The molecule has 1 N–H and O–H groups in total. The van der Waals surface area contributed by atoms with Gasteiger partial charge in [0.15, 0.2) is 0 Å². The first-order chi connectivity index (χ1) is 16.0. The molecule has 1 aliphatic heterocycles. The van der Waals surface area contributed by atoms with E-state index in [1.807, 2.05) is 19.1 Å². The van der Waals surface area contributed by atoms with E-state index in [1.165, 1.54) is 42.1 Å². The fourth-order valence-electron chi connectivity index (χ4n) is 5.03. The highest BCUT2D eigenvalue weighted by Crippen LogP contribution is 2.39. The minimum Gasteiger partial charge on any atom is -0.508 e. The number of allylic oxidation sites excluding steroid dienone is 1. The Morgan fingerprint density at radius 1 is 0.970 bits per heavy atom. The number of hydrogen-bond donors (Lipinski definition) is 1. The van der Waals surface area contributed by atoms with Crippen LogP contribution in [0.25, 0.3) is 38.2 Å². The van der Waals surface area contributed by atoms with E-state index in [9.17, 15) is 5.11 Å². The summed E-state index contributed by atoms with van der Waals surface area (Å²) in [6, 6.07) is 20.8. The standard InChI is InChI=1S/C30H31NO2/c1-20(2)23-8-11-27-29(18-23)28(19-24-17-25(32)16-21(3)30(24)27)22-6-9-26(10-7-22)33-15-14-31-12-4-5-13-31/h6-11,16-19,32H,1,4-5,12-15H2,2-3H3. The van der Waals surface area contributed by atoms with Gasteiger partial charge in [-0.25, -0.2) is 0 Å². The third-order valence-corrected chi connectivity index (χ3v) is 6.76. The second-order valence-electron chi connectivity index (χ2n) is 9.25. The molecule has 3 nitrogen and oxygen atoms in total. The normalized spacial score (nSPS) is 14.2. The summed E-state index contributed by atoms with van der Waals surface area (Å²) in [6.07, 6.45) is 2.61. The van der Waals surface area contributed by atoms with Crippen LogP contribution < -0.4 is 4.74 Å². The maximum atomic E-state index is 10.2. The van der Waals surface area contributed by atoms with Crippen LogP contribution in [0.5, 0.6) is 11.5 Å². The number of phenolic OH excluding ortho intramolecular Hbond substituents is 1. The van der Waals surface area contributed by atoms with Gasteiger partial charge in [0.05, 0.1) is 0 Å². The second-order valence-corrected chi connectivity index (χ2v) is 9.25. The van der Waals surface area contributed by atoms with E-state index >= 15 is 0 Å². The van der Waals surface area contributed by atoms with E-state index in [0.717, 1.165) is 52.1 Å². The maximum Gasteiger partial charge on any atom is 0.119 e. The molecule has 0 aromatic heterocycles. The van der Waals surface area contributed by atoms with Crippen molar-refractivity contribution in [1.82, 2.24) is 4.90 Å². The molecule has 0 spiro atoms. The van der Waals surface area contributed by atoms with Crippen molar-refractivity contribution in [3.63, 3.8) is 0 Å². The first-order valence-corrected chi connectivity index (χ1v) is 11.8. The third-order valence-electron chi connectivity index (χ3n) is 6.76. The summed E-state index contributed by atoms with van der Waals surface area (Å²) >= 11 is 0. The summed E-state index contributed by atoms with van der Waals surface area (Å²) in [5, 5.41) is 14.8. The summed E-state index contributed by atoms with van der Waals surface area (Å²) in [6.45, 7) is 12.3. The fraction of sp³-hybridized carbons (Fsp3) is 0.267. The van der Waals surface area contributed by atoms with Crippen molar-refractivity contribution >= 4 is 27.1 Å². The lowest BCUT2D eigenvalue weighted by Crippen LogP contribution is -2.25. The predicted octanol–water partition coefficient (Wildman–Crippen LogP) is 7.18. The Labute approximate surface area is 195 Å². The summed E-state index contributed by atoms with van der Waals surface area (Å²) in [4.78, 5) is 2.46. The van der Waals surface area contributed by atoms with Gasteiger partial charge in [-0.3, -0.25) is 4.90 Å². The Balaban J connectivity index is 1.54. The van der Waals surface area contributed by atoms with E-state index in [4.69, 9.17) is 4.74 Å². The zero-order chi connectivity index (χ0) is 22.9. The number of fused-ring (bicyclic) bond motifs is 3. The molecular weight excluding hydrogens is 406 g/mol. The Morgan fingerprint density at radius 3 is 2.45 bits per heavy atom. The van der Waals surface area contributed by atoms with E-state index in [-0.39, 0.29) is 0 Å². The fourth-order valence-corrected chi connectivity index (χ4v) is 5.03. The van der Waals surface area contributed by atoms with Crippen molar-refractivity contribution in [2.24, 2.45) is 0 Å². The van der Waals surface area contributed by atoms with E-state index in [1.54, 1.807) is 0 Å². The molecule has 3 heteroatoms. The van der Waals surface area contributed by atoms with E-state index in [0.29, 0.717) is 5.75 Å². The van der Waals surface area contributed by atoms with Crippen LogP contribution in [0.4, 0.5) is 0 Å². The van der Waals surface area contributed by atoms with Crippen LogP contribution in [-0.4, -0.2) is 36.2 Å². The molecule has 33 heavy (non-hydrogen) atoms. The van der Waals surface area contributed by atoms with Crippen molar-refractivity contribution < 1.29 is 9.84 Å². The lowest BCUT2D eigenvalue weighted by Gasteiger charge is -2.16. The highest BCUT2D eigenvalue weighted by molar-refractivity contribution is 6.15. The topological polar surface area (TPSA) is 32.7 Å². The molecule has 0 aliphatic carbocycles. The van der Waals surface area contributed by atoms with Gasteiger partial charge in [-0.15, -0.1) is 0 Å². The molecule has 5 rings (SSSR count). The lowest BCUT2D eigenvalue weighted by molar-refractivity contribution is 0.238. The number of hydrogen-bond acceptors (Lipinski definition) is 3. The molecule has 0 bridgehead atoms. The van der Waals surface area contributed by atoms with Crippen molar-refractivity contribution in [3.05, 3.63) is 78.4 Å². The number of phenols is 1. The summed E-state index contributed by atoms with van der Waals surface area (Å²) < 4.78 is 6.01. The minimum atomic E-state index is 0.297. The average Bonchev–Trinajstić information content (AvgIpc) is 3.32. The zero-order valence-electron chi connectivity index (χ0n) is 19.5. The smallest absolute Gasteiger partial charge is 0.119 e. The van der Waals surface area contributed by atoms with Crippen molar-refractivity contribution in [2.45, 2.75) is 26.7 Å². The summed E-state index contributed by atoms with van der Waals surface area (Å²) in [7, 11) is 0. The number of aromatic hydroxyl groups is 1. The quantitative estimate of drug-likeness (QED) is 0.324. The molecule has 4 aromatic carbocycles. The molecule has 1 saturated heterocycles. The molecule has 1 fully saturated rings. The van der Waals surface area contributed by atoms with Crippen LogP contribution in [0.2, 0.25) is 0 Å². The Kier molecular flexibility index (Phi) is 5.82. The number of benzene rings is 4. The van der Waals surface area contributed by atoms with Crippen LogP contribution >= 0.6 is 0 Å². The molecule has 0 amide bonds. The molecule has 1 aliphatic rings. The highest BCUT2D eigenvalue weighted by Gasteiger charge is 2.13. The van der Waals surface area contributed by atoms with Gasteiger partial charge >= 0.3 is 0 Å². The number of aryl methyl sites for hydroxylation is 1. The molecule has 0 saturated carbocycles. The monoisotopic (exact) mass is 437 g/mol. The van der Waals surface area contributed by atoms with Gasteiger partial charge in [-0.1, -0.05) is 36.4 Å². The Hall–Kier alpha value is -3.30. The summed E-state index contributed by atoms with van der Waals surface area (Å²) in [5.74, 6) is 1.20. The first kappa shape index (κ1) is 21.5. The van der Waals surface area contributed by atoms with Crippen molar-refractivity contribution in [1.29, 1.82) is 0 Å².